The van der Waals surface area contributed by atoms with E-state index in [4.69, 9.17) is 4.42 Å². The molecule has 152 valence electrons. The van der Waals surface area contributed by atoms with Gasteiger partial charge in [-0.3, -0.25) is 0 Å². The van der Waals surface area contributed by atoms with E-state index in [-0.39, 0.29) is 0 Å². The molecule has 0 saturated heterocycles. The topological polar surface area (TPSA) is 13.1 Å². The molecule has 0 saturated carbocycles. The Morgan fingerprint density at radius 3 is 2.26 bits per heavy atom. The Hall–Kier alpha value is -3.10. The molecule has 1 aromatic heterocycles. The second-order valence-electron chi connectivity index (χ2n) is 8.20. The van der Waals surface area contributed by atoms with Crippen LogP contribution in [0.2, 0.25) is 0 Å². The standard InChI is InChI=1S/C29H23BrO/c1-19(2)22-12-9-20(10-13-22)7-8-21-11-15-25(27(30)17-21)29-18-26-24-6-4-3-5-23(24)14-16-28(26)31-29/h3-19H,1-2H3. The highest BCUT2D eigenvalue weighted by molar-refractivity contribution is 9.10. The zero-order valence-electron chi connectivity index (χ0n) is 17.6. The molecule has 5 aromatic rings. The molecule has 1 heterocycles. The highest BCUT2D eigenvalue weighted by atomic mass is 79.9. The molecule has 0 amide bonds. The van der Waals surface area contributed by atoms with Gasteiger partial charge < -0.3 is 4.42 Å². The lowest BCUT2D eigenvalue weighted by molar-refractivity contribution is 0.631. The number of benzene rings is 4. The summed E-state index contributed by atoms with van der Waals surface area (Å²) >= 11 is 3.75. The largest absolute Gasteiger partial charge is 0.456 e. The maximum absolute atomic E-state index is 6.19. The van der Waals surface area contributed by atoms with Gasteiger partial charge in [-0.1, -0.05) is 103 Å². The molecule has 0 unspecified atom stereocenters. The smallest absolute Gasteiger partial charge is 0.136 e. The summed E-state index contributed by atoms with van der Waals surface area (Å²) in [7, 11) is 0. The van der Waals surface area contributed by atoms with Gasteiger partial charge in [-0.2, -0.15) is 0 Å². The van der Waals surface area contributed by atoms with E-state index in [9.17, 15) is 0 Å². The molecule has 2 heteroatoms. The van der Waals surface area contributed by atoms with E-state index in [2.05, 4.69) is 127 Å². The minimum atomic E-state index is 0.553. The number of furan rings is 1. The summed E-state index contributed by atoms with van der Waals surface area (Å²) in [5.41, 5.74) is 5.68. The van der Waals surface area contributed by atoms with Gasteiger partial charge in [-0.05, 0) is 57.6 Å². The first-order valence-electron chi connectivity index (χ1n) is 10.6. The van der Waals surface area contributed by atoms with Crippen LogP contribution in [0.4, 0.5) is 0 Å². The van der Waals surface area contributed by atoms with Crippen LogP contribution < -0.4 is 0 Å². The van der Waals surface area contributed by atoms with Crippen molar-refractivity contribution in [3.8, 4) is 11.3 Å². The lowest BCUT2D eigenvalue weighted by atomic mass is 10.0. The zero-order chi connectivity index (χ0) is 21.4. The van der Waals surface area contributed by atoms with E-state index in [0.29, 0.717) is 5.92 Å². The first kappa shape index (κ1) is 19.8. The second kappa shape index (κ2) is 8.20. The Balaban J connectivity index is 1.44. The predicted molar refractivity (Wildman–Crippen MR) is 136 cm³/mol. The summed E-state index contributed by atoms with van der Waals surface area (Å²) in [4.78, 5) is 0. The molecule has 0 spiro atoms. The number of hydrogen-bond donors (Lipinski definition) is 0. The van der Waals surface area contributed by atoms with Crippen molar-refractivity contribution >= 4 is 49.8 Å². The summed E-state index contributed by atoms with van der Waals surface area (Å²) in [6, 6.07) is 29.9. The Labute approximate surface area is 191 Å². The van der Waals surface area contributed by atoms with Crippen molar-refractivity contribution in [2.45, 2.75) is 19.8 Å². The fourth-order valence-corrected chi connectivity index (χ4v) is 4.54. The Kier molecular flexibility index (Phi) is 5.25. The number of halogens is 1. The Morgan fingerprint density at radius 1 is 0.742 bits per heavy atom. The summed E-state index contributed by atoms with van der Waals surface area (Å²) in [5, 5.41) is 3.59. The molecule has 4 aromatic carbocycles. The van der Waals surface area contributed by atoms with Crippen LogP contribution in [0.1, 0.15) is 36.5 Å². The highest BCUT2D eigenvalue weighted by Crippen LogP contribution is 2.36. The van der Waals surface area contributed by atoms with Gasteiger partial charge in [0.25, 0.3) is 0 Å². The molecule has 0 atom stereocenters. The molecule has 0 aliphatic rings. The highest BCUT2D eigenvalue weighted by Gasteiger charge is 2.12. The SMILES string of the molecule is CC(C)c1ccc(C=Cc2ccc(-c3cc4c(ccc5ccccc54)o3)c(Br)c2)cc1. The van der Waals surface area contributed by atoms with E-state index in [1.165, 1.54) is 21.9 Å². The van der Waals surface area contributed by atoms with Gasteiger partial charge in [-0.25, -0.2) is 0 Å². The van der Waals surface area contributed by atoms with Crippen LogP contribution in [0.5, 0.6) is 0 Å². The van der Waals surface area contributed by atoms with E-state index in [1.807, 2.05) is 0 Å². The summed E-state index contributed by atoms with van der Waals surface area (Å²) in [6.07, 6.45) is 4.30. The quantitative estimate of drug-likeness (QED) is 0.240. The van der Waals surface area contributed by atoms with Gasteiger partial charge in [0.15, 0.2) is 0 Å². The van der Waals surface area contributed by atoms with Crippen molar-refractivity contribution in [1.29, 1.82) is 0 Å². The Bertz CT molecular complexity index is 1400. The lowest BCUT2D eigenvalue weighted by Crippen LogP contribution is -1.85. The molecule has 0 N–H and O–H groups in total. The van der Waals surface area contributed by atoms with Gasteiger partial charge >= 0.3 is 0 Å². The number of fused-ring (bicyclic) bond motifs is 3. The fourth-order valence-electron chi connectivity index (χ4n) is 3.94. The van der Waals surface area contributed by atoms with Crippen molar-refractivity contribution in [2.24, 2.45) is 0 Å². The van der Waals surface area contributed by atoms with Gasteiger partial charge in [0.2, 0.25) is 0 Å². The molecular formula is C29H23BrO. The van der Waals surface area contributed by atoms with Gasteiger partial charge in [-0.15, -0.1) is 0 Å². The van der Waals surface area contributed by atoms with E-state index < -0.39 is 0 Å². The molecule has 0 fully saturated rings. The zero-order valence-corrected chi connectivity index (χ0v) is 19.2. The third-order valence-electron chi connectivity index (χ3n) is 5.76. The monoisotopic (exact) mass is 466 g/mol. The average Bonchev–Trinajstić information content (AvgIpc) is 3.22. The van der Waals surface area contributed by atoms with Crippen molar-refractivity contribution < 1.29 is 4.42 Å². The van der Waals surface area contributed by atoms with Gasteiger partial charge in [0.1, 0.15) is 11.3 Å². The van der Waals surface area contributed by atoms with E-state index >= 15 is 0 Å². The van der Waals surface area contributed by atoms with Crippen molar-refractivity contribution in [3.05, 3.63) is 106 Å². The lowest BCUT2D eigenvalue weighted by Gasteiger charge is -2.05. The molecule has 5 rings (SSSR count). The molecule has 0 aliphatic heterocycles. The molecule has 0 aliphatic carbocycles. The van der Waals surface area contributed by atoms with Gasteiger partial charge in [0, 0.05) is 15.4 Å². The normalized spacial score (nSPS) is 11.9. The summed E-state index contributed by atoms with van der Waals surface area (Å²) in [6.45, 7) is 4.43. The van der Waals surface area contributed by atoms with E-state index in [1.54, 1.807) is 0 Å². The number of hydrogen-bond acceptors (Lipinski definition) is 1. The Morgan fingerprint density at radius 2 is 1.48 bits per heavy atom. The molecular weight excluding hydrogens is 444 g/mol. The predicted octanol–water partition coefficient (Wildman–Crippen LogP) is 9.31. The minimum absolute atomic E-state index is 0.553. The third-order valence-corrected chi connectivity index (χ3v) is 6.41. The minimum Gasteiger partial charge on any atom is -0.456 e. The van der Waals surface area contributed by atoms with Crippen LogP contribution >= 0.6 is 15.9 Å². The number of rotatable bonds is 4. The second-order valence-corrected chi connectivity index (χ2v) is 9.06. The van der Waals surface area contributed by atoms with Crippen molar-refractivity contribution in [1.82, 2.24) is 0 Å². The molecule has 0 radical (unpaired) electrons. The molecule has 31 heavy (non-hydrogen) atoms. The van der Waals surface area contributed by atoms with Crippen LogP contribution in [0.3, 0.4) is 0 Å². The average molecular weight is 467 g/mol. The summed E-state index contributed by atoms with van der Waals surface area (Å²) in [5.74, 6) is 1.43. The maximum atomic E-state index is 6.19. The first-order chi connectivity index (χ1) is 15.1. The molecule has 1 nitrogen and oxygen atoms in total. The van der Waals surface area contributed by atoms with Crippen LogP contribution in [0.25, 0.3) is 45.2 Å². The van der Waals surface area contributed by atoms with Gasteiger partial charge in [0.05, 0.1) is 0 Å². The summed E-state index contributed by atoms with van der Waals surface area (Å²) < 4.78 is 7.22. The maximum Gasteiger partial charge on any atom is 0.136 e. The van der Waals surface area contributed by atoms with Crippen molar-refractivity contribution in [3.63, 3.8) is 0 Å². The third kappa shape index (κ3) is 3.96. The van der Waals surface area contributed by atoms with Crippen LogP contribution in [0, 0.1) is 0 Å². The van der Waals surface area contributed by atoms with E-state index in [0.717, 1.165) is 32.3 Å². The fraction of sp³-hybridized carbons (Fsp3) is 0.103. The molecule has 0 bridgehead atoms. The van der Waals surface area contributed by atoms with Crippen molar-refractivity contribution in [2.75, 3.05) is 0 Å². The van der Waals surface area contributed by atoms with Crippen LogP contribution in [-0.4, -0.2) is 0 Å². The van der Waals surface area contributed by atoms with Crippen LogP contribution in [0.15, 0.2) is 93.8 Å². The van der Waals surface area contributed by atoms with Crippen LogP contribution in [-0.2, 0) is 0 Å². The first-order valence-corrected chi connectivity index (χ1v) is 11.4.